The number of carbonyl (C=O) groups is 1. The van der Waals surface area contributed by atoms with Gasteiger partial charge in [0.05, 0.1) is 12.7 Å². The van der Waals surface area contributed by atoms with E-state index in [0.717, 1.165) is 34.7 Å². The van der Waals surface area contributed by atoms with Crippen LogP contribution >= 0.6 is 0 Å². The Balaban J connectivity index is 1.89. The minimum atomic E-state index is -1.09. The third-order valence-corrected chi connectivity index (χ3v) is 6.33. The number of rotatable bonds is 6. The van der Waals surface area contributed by atoms with Crippen LogP contribution in [0, 0.1) is 11.7 Å². The highest BCUT2D eigenvalue weighted by atomic mass is 19.1. The summed E-state index contributed by atoms with van der Waals surface area (Å²) < 4.78 is 29.0. The molecule has 2 N–H and O–H groups in total. The van der Waals surface area contributed by atoms with Gasteiger partial charge in [0.15, 0.2) is 0 Å². The molecule has 0 saturated carbocycles. The zero-order valence-corrected chi connectivity index (χ0v) is 18.5. The Morgan fingerprint density at radius 1 is 1.31 bits per heavy atom. The monoisotopic (exact) mass is 438 g/mol. The number of alkyl halides is 1. The summed E-state index contributed by atoms with van der Waals surface area (Å²) in [5.74, 6) is -1.69. The number of benzene rings is 2. The van der Waals surface area contributed by atoms with Gasteiger partial charge >= 0.3 is 5.97 Å². The van der Waals surface area contributed by atoms with E-state index < -0.39 is 24.5 Å². The summed E-state index contributed by atoms with van der Waals surface area (Å²) in [6, 6.07) is 12.4. The Bertz CT molecular complexity index is 1180. The van der Waals surface area contributed by atoms with Gasteiger partial charge in [-0.15, -0.1) is 0 Å². The summed E-state index contributed by atoms with van der Waals surface area (Å²) in [5, 5.41) is 9.98. The van der Waals surface area contributed by atoms with E-state index in [0.29, 0.717) is 17.7 Å². The maximum absolute atomic E-state index is 15.5. The molecule has 3 aromatic rings. The maximum Gasteiger partial charge on any atom is 0.328 e. The fourth-order valence-corrected chi connectivity index (χ4v) is 4.78. The number of nitrogens with one attached hydrogen (secondary N) is 1. The molecule has 0 spiro atoms. The average molecular weight is 439 g/mol. The van der Waals surface area contributed by atoms with Crippen molar-refractivity contribution in [2.24, 2.45) is 5.92 Å². The highest BCUT2D eigenvalue weighted by Crippen LogP contribution is 2.45. The zero-order valence-electron chi connectivity index (χ0n) is 18.5. The molecule has 1 aliphatic heterocycles. The minimum Gasteiger partial charge on any atom is -0.478 e. The van der Waals surface area contributed by atoms with Crippen LogP contribution in [0.4, 0.5) is 8.78 Å². The molecule has 6 heteroatoms. The SMILES string of the molecule is C[C@H](CF)CN1C(c2ccc(/C=C/C(=O)O)cc2F)c2[nH]c3ccccc3c2CC1(C)C. The first-order chi connectivity index (χ1) is 15.2. The fraction of sp³-hybridized carbons (Fsp3) is 0.346. The van der Waals surface area contributed by atoms with Gasteiger partial charge in [-0.1, -0.05) is 37.3 Å². The van der Waals surface area contributed by atoms with Gasteiger partial charge in [0.2, 0.25) is 0 Å². The quantitative estimate of drug-likeness (QED) is 0.483. The van der Waals surface area contributed by atoms with Crippen LogP contribution in [0.3, 0.4) is 0 Å². The first-order valence-electron chi connectivity index (χ1n) is 10.8. The Morgan fingerprint density at radius 2 is 2.06 bits per heavy atom. The second-order valence-electron chi connectivity index (χ2n) is 9.32. The normalized spacial score (nSPS) is 19.3. The number of aromatic amines is 1. The number of fused-ring (bicyclic) bond motifs is 3. The summed E-state index contributed by atoms with van der Waals surface area (Å²) in [6.07, 6.45) is 3.13. The van der Waals surface area contributed by atoms with Crippen LogP contribution in [0.15, 0.2) is 48.5 Å². The summed E-state index contributed by atoms with van der Waals surface area (Å²) in [5.41, 5.74) is 3.74. The molecule has 2 heterocycles. The largest absolute Gasteiger partial charge is 0.478 e. The van der Waals surface area contributed by atoms with Crippen LogP contribution in [0.1, 0.15) is 49.2 Å². The van der Waals surface area contributed by atoms with Crippen molar-refractivity contribution in [2.45, 2.75) is 38.8 Å². The van der Waals surface area contributed by atoms with Crippen molar-refractivity contribution < 1.29 is 18.7 Å². The van der Waals surface area contributed by atoms with Gasteiger partial charge in [0.1, 0.15) is 5.82 Å². The lowest BCUT2D eigenvalue weighted by Crippen LogP contribution is -2.53. The molecular weight excluding hydrogens is 410 g/mol. The van der Waals surface area contributed by atoms with Crippen molar-refractivity contribution in [3.05, 3.63) is 76.7 Å². The van der Waals surface area contributed by atoms with Gasteiger partial charge in [-0.25, -0.2) is 9.18 Å². The first-order valence-corrected chi connectivity index (χ1v) is 10.8. The average Bonchev–Trinajstić information content (AvgIpc) is 3.10. The lowest BCUT2D eigenvalue weighted by atomic mass is 9.80. The summed E-state index contributed by atoms with van der Waals surface area (Å²) in [6.45, 7) is 6.16. The van der Waals surface area contributed by atoms with E-state index >= 15 is 4.39 Å². The molecule has 0 aliphatic carbocycles. The van der Waals surface area contributed by atoms with Crippen molar-refractivity contribution in [1.82, 2.24) is 9.88 Å². The smallest absolute Gasteiger partial charge is 0.328 e. The summed E-state index contributed by atoms with van der Waals surface area (Å²) >= 11 is 0. The molecule has 168 valence electrons. The van der Waals surface area contributed by atoms with Crippen LogP contribution in [-0.4, -0.2) is 39.7 Å². The van der Waals surface area contributed by atoms with Crippen LogP contribution in [-0.2, 0) is 11.2 Å². The maximum atomic E-state index is 15.5. The predicted molar refractivity (Wildman–Crippen MR) is 123 cm³/mol. The first kappa shape index (κ1) is 22.2. The number of para-hydroxylation sites is 1. The highest BCUT2D eigenvalue weighted by Gasteiger charge is 2.43. The van der Waals surface area contributed by atoms with Crippen molar-refractivity contribution >= 4 is 22.9 Å². The van der Waals surface area contributed by atoms with Gasteiger partial charge in [0, 0.05) is 40.3 Å². The third kappa shape index (κ3) is 4.07. The van der Waals surface area contributed by atoms with E-state index in [4.69, 9.17) is 5.11 Å². The van der Waals surface area contributed by atoms with E-state index in [1.165, 1.54) is 12.1 Å². The van der Waals surface area contributed by atoms with Gasteiger partial charge < -0.3 is 10.1 Å². The molecule has 1 unspecified atom stereocenters. The van der Waals surface area contributed by atoms with Crippen molar-refractivity contribution in [3.8, 4) is 0 Å². The fourth-order valence-electron chi connectivity index (χ4n) is 4.78. The number of nitrogens with zero attached hydrogens (tertiary/aromatic N) is 1. The lowest BCUT2D eigenvalue weighted by Gasteiger charge is -2.48. The molecule has 0 bridgehead atoms. The van der Waals surface area contributed by atoms with Crippen molar-refractivity contribution in [2.75, 3.05) is 13.2 Å². The summed E-state index contributed by atoms with van der Waals surface area (Å²) in [7, 11) is 0. The number of halogens is 2. The van der Waals surface area contributed by atoms with Crippen LogP contribution < -0.4 is 0 Å². The topological polar surface area (TPSA) is 56.3 Å². The van der Waals surface area contributed by atoms with Gasteiger partial charge in [-0.05, 0) is 55.5 Å². The number of carboxylic acids is 1. The number of aliphatic carboxylic acids is 1. The Labute approximate surface area is 186 Å². The predicted octanol–water partition coefficient (Wildman–Crippen LogP) is 5.74. The van der Waals surface area contributed by atoms with E-state index in [1.54, 1.807) is 12.1 Å². The molecule has 0 amide bonds. The Morgan fingerprint density at radius 3 is 2.75 bits per heavy atom. The van der Waals surface area contributed by atoms with Gasteiger partial charge in [-0.2, -0.15) is 0 Å². The van der Waals surface area contributed by atoms with E-state index in [-0.39, 0.29) is 11.5 Å². The number of aromatic nitrogens is 1. The molecule has 1 aliphatic rings. The standard InChI is InChI=1S/C26H28F2N2O2/c1-16(14-27)15-30-25(19-10-8-17(12-21(19)28)9-11-23(31)32)24-20(13-26(30,2)3)18-6-4-5-7-22(18)29-24/h4-12,16,25,29H,13-15H2,1-3H3,(H,31,32)/b11-9+/t16-,25?/m1/s1. The molecule has 1 aromatic heterocycles. The van der Waals surface area contributed by atoms with E-state index in [1.807, 2.05) is 25.1 Å². The second-order valence-corrected chi connectivity index (χ2v) is 9.32. The number of H-pyrrole nitrogens is 1. The van der Waals surface area contributed by atoms with Crippen molar-refractivity contribution in [3.63, 3.8) is 0 Å². The molecule has 32 heavy (non-hydrogen) atoms. The minimum absolute atomic E-state index is 0.191. The Hall–Kier alpha value is -2.99. The number of hydrogen-bond acceptors (Lipinski definition) is 2. The number of carboxylic acid groups (broad SMARTS) is 1. The molecule has 4 rings (SSSR count). The van der Waals surface area contributed by atoms with E-state index in [9.17, 15) is 9.18 Å². The summed E-state index contributed by atoms with van der Waals surface area (Å²) in [4.78, 5) is 16.5. The van der Waals surface area contributed by atoms with Gasteiger partial charge in [-0.3, -0.25) is 9.29 Å². The van der Waals surface area contributed by atoms with Crippen LogP contribution in [0.5, 0.6) is 0 Å². The second kappa shape index (κ2) is 8.51. The molecule has 0 fully saturated rings. The zero-order chi connectivity index (χ0) is 23.0. The molecule has 0 radical (unpaired) electrons. The number of hydrogen-bond donors (Lipinski definition) is 2. The Kier molecular flexibility index (Phi) is 5.91. The molecular formula is C26H28F2N2O2. The molecule has 0 saturated heterocycles. The van der Waals surface area contributed by atoms with E-state index in [2.05, 4.69) is 29.8 Å². The highest BCUT2D eigenvalue weighted by molar-refractivity contribution is 5.86. The van der Waals surface area contributed by atoms with Crippen LogP contribution in [0.25, 0.3) is 17.0 Å². The van der Waals surface area contributed by atoms with Gasteiger partial charge in [0.25, 0.3) is 0 Å². The third-order valence-electron chi connectivity index (χ3n) is 6.33. The van der Waals surface area contributed by atoms with Crippen molar-refractivity contribution in [1.29, 1.82) is 0 Å². The lowest BCUT2D eigenvalue weighted by molar-refractivity contribution is -0.131. The molecule has 2 aromatic carbocycles. The molecule has 4 nitrogen and oxygen atoms in total. The van der Waals surface area contributed by atoms with Crippen LogP contribution in [0.2, 0.25) is 0 Å². The molecule has 2 atom stereocenters.